The Hall–Kier alpha value is -3.44. The Bertz CT molecular complexity index is 1530. The number of carbonyl (C=O) groups is 1. The molecule has 0 spiro atoms. The molecule has 0 N–H and O–H groups in total. The highest BCUT2D eigenvalue weighted by molar-refractivity contribution is 7.14. The first-order valence-electron chi connectivity index (χ1n) is 12.7. The molecule has 0 aliphatic carbocycles. The van der Waals surface area contributed by atoms with Crippen molar-refractivity contribution in [2.45, 2.75) is 38.4 Å². The van der Waals surface area contributed by atoms with Crippen LogP contribution >= 0.6 is 11.3 Å². The van der Waals surface area contributed by atoms with Crippen LogP contribution in [-0.4, -0.2) is 70.8 Å². The van der Waals surface area contributed by atoms with Gasteiger partial charge in [-0.3, -0.25) is 4.79 Å². The number of alkyl halides is 3. The molecule has 206 valence electrons. The topological polar surface area (TPSA) is 63.5 Å². The summed E-state index contributed by atoms with van der Waals surface area (Å²) in [6.45, 7) is 5.13. The lowest BCUT2D eigenvalue weighted by Gasteiger charge is -2.20. The Morgan fingerprint density at radius 2 is 1.95 bits per heavy atom. The van der Waals surface area contributed by atoms with E-state index >= 15 is 0 Å². The normalized spacial score (nSPS) is 16.2. The fourth-order valence-corrected chi connectivity index (χ4v) is 5.93. The van der Waals surface area contributed by atoms with Crippen LogP contribution in [0.2, 0.25) is 0 Å². The number of ether oxygens (including phenoxy) is 1. The zero-order valence-corrected chi connectivity index (χ0v) is 23.2. The number of aromatic nitrogens is 3. The van der Waals surface area contributed by atoms with Gasteiger partial charge >= 0.3 is 6.18 Å². The standard InChI is InChI=1S/C28H30F3N5O2S/c1-16(2)25-23(17-7-6-8-20(13-17)38-5)32-27(39-25)36-22-10-9-18(28(29,30)31)14-21(22)24(33-36)26(37)35-12-11-19(15-35)34(3)4/h6-10,13-14,16,19H,11-12,15H2,1-5H3. The molecule has 1 amide bonds. The lowest BCUT2D eigenvalue weighted by Crippen LogP contribution is -2.34. The second-order valence-electron chi connectivity index (χ2n) is 10.2. The molecule has 1 aliphatic heterocycles. The Morgan fingerprint density at radius 3 is 2.59 bits per heavy atom. The zero-order chi connectivity index (χ0) is 28.1. The molecule has 1 fully saturated rings. The fourth-order valence-electron chi connectivity index (χ4n) is 4.88. The van der Waals surface area contributed by atoms with Gasteiger partial charge in [0.2, 0.25) is 5.13 Å². The van der Waals surface area contributed by atoms with E-state index in [0.717, 1.165) is 34.7 Å². The summed E-state index contributed by atoms with van der Waals surface area (Å²) in [4.78, 5) is 23.2. The molecule has 5 rings (SSSR count). The van der Waals surface area contributed by atoms with Gasteiger partial charge in [0.05, 0.1) is 23.9 Å². The molecule has 1 aliphatic rings. The van der Waals surface area contributed by atoms with Crippen LogP contribution in [0.4, 0.5) is 13.2 Å². The first-order valence-corrected chi connectivity index (χ1v) is 13.5. The summed E-state index contributed by atoms with van der Waals surface area (Å²) in [7, 11) is 5.50. The molecular weight excluding hydrogens is 527 g/mol. The number of fused-ring (bicyclic) bond motifs is 1. The maximum atomic E-state index is 13.7. The number of methoxy groups -OCH3 is 1. The fraction of sp³-hybridized carbons (Fsp3) is 0.393. The van der Waals surface area contributed by atoms with E-state index in [2.05, 4.69) is 23.8 Å². The molecule has 2 aromatic heterocycles. The van der Waals surface area contributed by atoms with Gasteiger partial charge in [-0.05, 0) is 56.8 Å². The number of carbonyl (C=O) groups excluding carboxylic acids is 1. The zero-order valence-electron chi connectivity index (χ0n) is 22.4. The third kappa shape index (κ3) is 5.12. The number of likely N-dealkylation sites (tertiary alicyclic amines) is 1. The number of nitrogens with zero attached hydrogens (tertiary/aromatic N) is 5. The highest BCUT2D eigenvalue weighted by atomic mass is 32.1. The van der Waals surface area contributed by atoms with Crippen molar-refractivity contribution in [3.8, 4) is 22.1 Å². The van der Waals surface area contributed by atoms with Gasteiger partial charge in [0.1, 0.15) is 5.75 Å². The SMILES string of the molecule is COc1cccc(-c2nc(-n3nc(C(=O)N4CCC(N(C)C)C4)c4cc(C(F)(F)F)ccc43)sc2C(C)C)c1. The number of halogens is 3. The van der Waals surface area contributed by atoms with Crippen LogP contribution in [0, 0.1) is 0 Å². The highest BCUT2D eigenvalue weighted by Crippen LogP contribution is 2.39. The molecule has 11 heteroatoms. The average Bonchev–Trinajstić information content (AvgIpc) is 3.64. The summed E-state index contributed by atoms with van der Waals surface area (Å²) in [5.74, 6) is 0.441. The molecule has 1 atom stereocenters. The number of amides is 1. The summed E-state index contributed by atoms with van der Waals surface area (Å²) in [5.41, 5.74) is 1.19. The lowest BCUT2D eigenvalue weighted by atomic mass is 10.1. The monoisotopic (exact) mass is 557 g/mol. The van der Waals surface area contributed by atoms with Crippen molar-refractivity contribution in [2.24, 2.45) is 0 Å². The van der Waals surface area contributed by atoms with E-state index < -0.39 is 11.7 Å². The van der Waals surface area contributed by atoms with Gasteiger partial charge in [0.15, 0.2) is 5.69 Å². The van der Waals surface area contributed by atoms with Crippen molar-refractivity contribution >= 4 is 28.1 Å². The van der Waals surface area contributed by atoms with Crippen molar-refractivity contribution in [1.29, 1.82) is 0 Å². The van der Waals surface area contributed by atoms with E-state index in [1.54, 1.807) is 12.0 Å². The van der Waals surface area contributed by atoms with E-state index in [4.69, 9.17) is 9.72 Å². The van der Waals surface area contributed by atoms with E-state index in [1.165, 1.54) is 22.1 Å². The number of thiazole rings is 1. The minimum absolute atomic E-state index is 0.000247. The number of hydrogen-bond donors (Lipinski definition) is 0. The van der Waals surface area contributed by atoms with Crippen LogP contribution in [0.5, 0.6) is 5.75 Å². The summed E-state index contributed by atoms with van der Waals surface area (Å²) in [5, 5.41) is 5.25. The second-order valence-corrected chi connectivity index (χ2v) is 11.3. The summed E-state index contributed by atoms with van der Waals surface area (Å²) < 4.78 is 47.9. The Balaban J connectivity index is 1.66. The first-order chi connectivity index (χ1) is 18.5. The van der Waals surface area contributed by atoms with Gasteiger partial charge in [-0.1, -0.05) is 37.3 Å². The van der Waals surface area contributed by atoms with Crippen LogP contribution in [0.25, 0.3) is 27.3 Å². The van der Waals surface area contributed by atoms with Crippen molar-refractivity contribution in [2.75, 3.05) is 34.3 Å². The average molecular weight is 558 g/mol. The number of rotatable bonds is 6. The van der Waals surface area contributed by atoms with Gasteiger partial charge in [0, 0.05) is 35.0 Å². The summed E-state index contributed by atoms with van der Waals surface area (Å²) in [6.07, 6.45) is -3.76. The van der Waals surface area contributed by atoms with E-state index in [1.807, 2.05) is 38.4 Å². The molecule has 0 bridgehead atoms. The maximum Gasteiger partial charge on any atom is 0.416 e. The number of hydrogen-bond acceptors (Lipinski definition) is 6. The van der Waals surface area contributed by atoms with Gasteiger partial charge < -0.3 is 14.5 Å². The third-order valence-electron chi connectivity index (χ3n) is 7.08. The Kier molecular flexibility index (Phi) is 7.15. The van der Waals surface area contributed by atoms with Gasteiger partial charge in [0.25, 0.3) is 5.91 Å². The molecular formula is C28H30F3N5O2S. The maximum absolute atomic E-state index is 13.7. The number of benzene rings is 2. The molecule has 4 aromatic rings. The Labute approximate surface area is 228 Å². The molecule has 2 aromatic carbocycles. The third-order valence-corrected chi connectivity index (χ3v) is 8.41. The number of likely N-dealkylation sites (N-methyl/N-ethyl adjacent to an activating group) is 1. The lowest BCUT2D eigenvalue weighted by molar-refractivity contribution is -0.137. The van der Waals surface area contributed by atoms with Gasteiger partial charge in [-0.25, -0.2) is 9.67 Å². The van der Waals surface area contributed by atoms with Crippen LogP contribution < -0.4 is 4.74 Å². The first kappa shape index (κ1) is 27.1. The quantitative estimate of drug-likeness (QED) is 0.288. The molecule has 0 saturated carbocycles. The van der Waals surface area contributed by atoms with Crippen LogP contribution in [0.3, 0.4) is 0 Å². The minimum atomic E-state index is -4.55. The van der Waals surface area contributed by atoms with Crippen LogP contribution in [0.15, 0.2) is 42.5 Å². The Morgan fingerprint density at radius 1 is 1.18 bits per heavy atom. The minimum Gasteiger partial charge on any atom is -0.497 e. The molecule has 1 saturated heterocycles. The molecule has 1 unspecified atom stereocenters. The molecule has 3 heterocycles. The summed E-state index contributed by atoms with van der Waals surface area (Å²) in [6, 6.07) is 11.2. The highest BCUT2D eigenvalue weighted by Gasteiger charge is 2.34. The summed E-state index contributed by atoms with van der Waals surface area (Å²) >= 11 is 1.41. The van der Waals surface area contributed by atoms with Crippen LogP contribution in [-0.2, 0) is 6.18 Å². The van der Waals surface area contributed by atoms with Crippen LogP contribution in [0.1, 0.15) is 47.1 Å². The van der Waals surface area contributed by atoms with Crippen molar-refractivity contribution in [3.05, 3.63) is 58.6 Å². The van der Waals surface area contributed by atoms with Crippen molar-refractivity contribution < 1.29 is 22.7 Å². The molecule has 7 nitrogen and oxygen atoms in total. The predicted molar refractivity (Wildman–Crippen MR) is 146 cm³/mol. The predicted octanol–water partition coefficient (Wildman–Crippen LogP) is 6.08. The largest absolute Gasteiger partial charge is 0.497 e. The smallest absolute Gasteiger partial charge is 0.416 e. The van der Waals surface area contributed by atoms with Gasteiger partial charge in [-0.15, -0.1) is 0 Å². The molecule has 39 heavy (non-hydrogen) atoms. The van der Waals surface area contributed by atoms with E-state index in [-0.39, 0.29) is 28.9 Å². The molecule has 0 radical (unpaired) electrons. The second kappa shape index (κ2) is 10.3. The van der Waals surface area contributed by atoms with Gasteiger partial charge in [-0.2, -0.15) is 18.3 Å². The van der Waals surface area contributed by atoms with Crippen molar-refractivity contribution in [3.63, 3.8) is 0 Å². The van der Waals surface area contributed by atoms with Crippen molar-refractivity contribution in [1.82, 2.24) is 24.6 Å². The van der Waals surface area contributed by atoms with E-state index in [9.17, 15) is 18.0 Å². The van der Waals surface area contributed by atoms with E-state index in [0.29, 0.717) is 29.5 Å².